The molecule has 0 aliphatic carbocycles. The van der Waals surface area contributed by atoms with E-state index in [-0.39, 0.29) is 11.9 Å². The van der Waals surface area contributed by atoms with Crippen molar-refractivity contribution in [3.63, 3.8) is 0 Å². The van der Waals surface area contributed by atoms with Crippen LogP contribution in [-0.2, 0) is 17.8 Å². The number of amides is 1. The number of halogens is 1. The summed E-state index contributed by atoms with van der Waals surface area (Å²) in [6.07, 6.45) is 5.06. The minimum atomic E-state index is 0.128. The molecule has 1 saturated heterocycles. The molecule has 0 spiro atoms. The van der Waals surface area contributed by atoms with Crippen LogP contribution in [0.4, 0.5) is 0 Å². The maximum atomic E-state index is 12.2. The molecule has 132 valence electrons. The van der Waals surface area contributed by atoms with Crippen LogP contribution in [0.3, 0.4) is 0 Å². The minimum absolute atomic E-state index is 0.128. The number of nitrogens with zero attached hydrogens (tertiary/aromatic N) is 2. The minimum Gasteiger partial charge on any atom is -0.353 e. The Hall–Kier alpha value is -1.91. The van der Waals surface area contributed by atoms with Crippen LogP contribution in [0.25, 0.3) is 0 Å². The van der Waals surface area contributed by atoms with E-state index >= 15 is 0 Å². The molecular formula is C20H24ClN3O. The van der Waals surface area contributed by atoms with Crippen LogP contribution in [-0.4, -0.2) is 34.9 Å². The Morgan fingerprint density at radius 1 is 1.20 bits per heavy atom. The highest BCUT2D eigenvalue weighted by atomic mass is 35.5. The molecule has 0 atom stereocenters. The SMILES string of the molecule is O=C(CCc1cccc(Cl)c1)NC1CCN(Cc2ccccn2)CC1. The van der Waals surface area contributed by atoms with E-state index in [1.807, 2.05) is 42.6 Å². The van der Waals surface area contributed by atoms with Crippen molar-refractivity contribution in [2.75, 3.05) is 13.1 Å². The molecule has 1 fully saturated rings. The number of hydrogen-bond donors (Lipinski definition) is 1. The van der Waals surface area contributed by atoms with Gasteiger partial charge in [0.1, 0.15) is 0 Å². The van der Waals surface area contributed by atoms with E-state index in [9.17, 15) is 4.79 Å². The summed E-state index contributed by atoms with van der Waals surface area (Å²) in [4.78, 5) is 19.0. The number of hydrogen-bond acceptors (Lipinski definition) is 3. The van der Waals surface area contributed by atoms with E-state index in [0.29, 0.717) is 6.42 Å². The highest BCUT2D eigenvalue weighted by Gasteiger charge is 2.20. The van der Waals surface area contributed by atoms with Crippen LogP contribution in [0.15, 0.2) is 48.7 Å². The van der Waals surface area contributed by atoms with Crippen LogP contribution in [0.1, 0.15) is 30.5 Å². The molecule has 1 aromatic carbocycles. The molecule has 0 bridgehead atoms. The fraction of sp³-hybridized carbons (Fsp3) is 0.400. The number of benzene rings is 1. The van der Waals surface area contributed by atoms with Crippen LogP contribution < -0.4 is 5.32 Å². The van der Waals surface area contributed by atoms with Crippen molar-refractivity contribution in [2.24, 2.45) is 0 Å². The molecule has 4 nitrogen and oxygen atoms in total. The number of aryl methyl sites for hydroxylation is 1. The predicted octanol–water partition coefficient (Wildman–Crippen LogP) is 3.45. The molecule has 1 amide bonds. The van der Waals surface area contributed by atoms with Gasteiger partial charge in [0.15, 0.2) is 0 Å². The normalized spacial score (nSPS) is 15.9. The molecule has 2 aromatic rings. The number of pyridine rings is 1. The maximum Gasteiger partial charge on any atom is 0.220 e. The lowest BCUT2D eigenvalue weighted by molar-refractivity contribution is -0.122. The summed E-state index contributed by atoms with van der Waals surface area (Å²) in [6, 6.07) is 14.0. The lowest BCUT2D eigenvalue weighted by Gasteiger charge is -2.32. The van der Waals surface area contributed by atoms with Gasteiger partial charge in [-0.3, -0.25) is 14.7 Å². The summed E-state index contributed by atoms with van der Waals surface area (Å²) in [6.45, 7) is 2.88. The van der Waals surface area contributed by atoms with Gasteiger partial charge in [0, 0.05) is 43.3 Å². The Morgan fingerprint density at radius 3 is 2.76 bits per heavy atom. The van der Waals surface area contributed by atoms with Crippen molar-refractivity contribution < 1.29 is 4.79 Å². The molecule has 1 aromatic heterocycles. The third-order valence-electron chi connectivity index (χ3n) is 4.59. The van der Waals surface area contributed by atoms with Gasteiger partial charge < -0.3 is 5.32 Å². The number of likely N-dealkylation sites (tertiary alicyclic amines) is 1. The van der Waals surface area contributed by atoms with Crippen LogP contribution in [0.2, 0.25) is 5.02 Å². The summed E-state index contributed by atoms with van der Waals surface area (Å²) in [5.74, 6) is 0.128. The first-order valence-corrected chi connectivity index (χ1v) is 9.23. The lowest BCUT2D eigenvalue weighted by Crippen LogP contribution is -2.44. The summed E-state index contributed by atoms with van der Waals surface area (Å²) in [5, 5.41) is 3.89. The van der Waals surface area contributed by atoms with Gasteiger partial charge in [-0.25, -0.2) is 0 Å². The largest absolute Gasteiger partial charge is 0.353 e. The Balaban J connectivity index is 1.37. The van der Waals surface area contributed by atoms with E-state index in [1.165, 1.54) is 0 Å². The Morgan fingerprint density at radius 2 is 2.04 bits per heavy atom. The summed E-state index contributed by atoms with van der Waals surface area (Å²) in [5.41, 5.74) is 2.21. The van der Waals surface area contributed by atoms with Gasteiger partial charge in [-0.05, 0) is 49.1 Å². The van der Waals surface area contributed by atoms with E-state index in [2.05, 4.69) is 21.3 Å². The zero-order chi connectivity index (χ0) is 17.5. The summed E-state index contributed by atoms with van der Waals surface area (Å²) < 4.78 is 0. The molecule has 25 heavy (non-hydrogen) atoms. The second-order valence-corrected chi connectivity index (χ2v) is 7.01. The summed E-state index contributed by atoms with van der Waals surface area (Å²) in [7, 11) is 0. The Kier molecular flexibility index (Phi) is 6.42. The van der Waals surface area contributed by atoms with E-state index in [0.717, 1.165) is 55.2 Å². The van der Waals surface area contributed by atoms with Gasteiger partial charge in [0.2, 0.25) is 5.91 Å². The van der Waals surface area contributed by atoms with Crippen molar-refractivity contribution in [3.8, 4) is 0 Å². The number of rotatable bonds is 6. The second kappa shape index (κ2) is 8.97. The van der Waals surface area contributed by atoms with Gasteiger partial charge >= 0.3 is 0 Å². The van der Waals surface area contributed by atoms with Crippen molar-refractivity contribution in [3.05, 3.63) is 64.9 Å². The fourth-order valence-corrected chi connectivity index (χ4v) is 3.42. The maximum absolute atomic E-state index is 12.2. The smallest absolute Gasteiger partial charge is 0.220 e. The molecule has 0 radical (unpaired) electrons. The zero-order valence-electron chi connectivity index (χ0n) is 14.3. The molecule has 1 aliphatic heterocycles. The number of carbonyl (C=O) groups is 1. The number of aromatic nitrogens is 1. The molecule has 1 N–H and O–H groups in total. The standard InChI is InChI=1S/C20H24ClN3O/c21-17-5-3-4-16(14-17)7-8-20(25)23-18-9-12-24(13-10-18)15-19-6-1-2-11-22-19/h1-6,11,14,18H,7-10,12-13,15H2,(H,23,25). The molecule has 0 unspecified atom stereocenters. The first-order valence-electron chi connectivity index (χ1n) is 8.85. The topological polar surface area (TPSA) is 45.2 Å². The van der Waals surface area contributed by atoms with Crippen molar-refractivity contribution in [1.29, 1.82) is 0 Å². The monoisotopic (exact) mass is 357 g/mol. The molecule has 0 saturated carbocycles. The molecular weight excluding hydrogens is 334 g/mol. The van der Waals surface area contributed by atoms with Crippen LogP contribution in [0.5, 0.6) is 0 Å². The average Bonchev–Trinajstić information content (AvgIpc) is 2.63. The third-order valence-corrected chi connectivity index (χ3v) is 4.83. The second-order valence-electron chi connectivity index (χ2n) is 6.57. The first-order chi connectivity index (χ1) is 12.2. The van der Waals surface area contributed by atoms with Gasteiger partial charge in [0.25, 0.3) is 0 Å². The van der Waals surface area contributed by atoms with Gasteiger partial charge in [-0.15, -0.1) is 0 Å². The average molecular weight is 358 g/mol. The molecule has 3 rings (SSSR count). The van der Waals surface area contributed by atoms with Crippen LogP contribution in [0, 0.1) is 0 Å². The van der Waals surface area contributed by atoms with E-state index in [1.54, 1.807) is 0 Å². The van der Waals surface area contributed by atoms with Gasteiger partial charge in [-0.1, -0.05) is 29.8 Å². The first kappa shape index (κ1) is 17.9. The van der Waals surface area contributed by atoms with Crippen molar-refractivity contribution in [2.45, 2.75) is 38.3 Å². The third kappa shape index (κ3) is 5.83. The lowest BCUT2D eigenvalue weighted by atomic mass is 10.0. The highest BCUT2D eigenvalue weighted by Crippen LogP contribution is 2.14. The van der Waals surface area contributed by atoms with E-state index in [4.69, 9.17) is 11.6 Å². The number of carbonyl (C=O) groups excluding carboxylic acids is 1. The van der Waals surface area contributed by atoms with Crippen molar-refractivity contribution >= 4 is 17.5 Å². The fourth-order valence-electron chi connectivity index (χ4n) is 3.21. The Bertz CT molecular complexity index is 684. The Labute approximate surface area is 154 Å². The quantitative estimate of drug-likeness (QED) is 0.861. The zero-order valence-corrected chi connectivity index (χ0v) is 15.1. The molecule has 5 heteroatoms. The molecule has 2 heterocycles. The number of nitrogens with one attached hydrogen (secondary N) is 1. The van der Waals surface area contributed by atoms with Crippen LogP contribution >= 0.6 is 11.6 Å². The van der Waals surface area contributed by atoms with Gasteiger partial charge in [-0.2, -0.15) is 0 Å². The molecule has 1 aliphatic rings. The van der Waals surface area contributed by atoms with Crippen molar-refractivity contribution in [1.82, 2.24) is 15.2 Å². The van der Waals surface area contributed by atoms with E-state index < -0.39 is 0 Å². The predicted molar refractivity (Wildman–Crippen MR) is 100 cm³/mol. The highest BCUT2D eigenvalue weighted by molar-refractivity contribution is 6.30. The summed E-state index contributed by atoms with van der Waals surface area (Å²) >= 11 is 5.98. The number of piperidine rings is 1. The van der Waals surface area contributed by atoms with Gasteiger partial charge in [0.05, 0.1) is 5.69 Å².